The van der Waals surface area contributed by atoms with Gasteiger partial charge in [-0.3, -0.25) is 0 Å². The molecule has 0 bridgehead atoms. The van der Waals surface area contributed by atoms with E-state index in [2.05, 4.69) is 65.9 Å². The van der Waals surface area contributed by atoms with E-state index in [4.69, 9.17) is 0 Å². The van der Waals surface area contributed by atoms with Crippen LogP contribution in [-0.2, 0) is 6.54 Å². The molecule has 3 rings (SSSR count). The second-order valence-corrected chi connectivity index (χ2v) is 8.46. The molecule has 0 saturated heterocycles. The van der Waals surface area contributed by atoms with E-state index in [1.165, 1.54) is 28.4 Å². The van der Waals surface area contributed by atoms with Crippen LogP contribution in [0.5, 0.6) is 0 Å². The molecule has 2 heterocycles. The molecule has 0 aliphatic heterocycles. The lowest BCUT2D eigenvalue weighted by Gasteiger charge is -2.15. The SMILES string of the molecule is CC[Si](CC)c1cc2cccnc2n1Cc1ccccc1. The minimum atomic E-state index is -0.488. The molecule has 0 spiro atoms. The normalized spacial score (nSPS) is 11.4. The van der Waals surface area contributed by atoms with Gasteiger partial charge in [0.05, 0.1) is 0 Å². The summed E-state index contributed by atoms with van der Waals surface area (Å²) < 4.78 is 2.44. The molecule has 21 heavy (non-hydrogen) atoms. The molecule has 3 aromatic rings. The third-order valence-electron chi connectivity index (χ3n) is 4.05. The number of benzene rings is 1. The molecule has 0 fully saturated rings. The molecule has 0 aliphatic rings. The molecule has 1 radical (unpaired) electrons. The van der Waals surface area contributed by atoms with Crippen molar-refractivity contribution in [3.8, 4) is 0 Å². The van der Waals surface area contributed by atoms with E-state index in [-0.39, 0.29) is 0 Å². The maximum atomic E-state index is 4.63. The molecule has 3 heteroatoms. The lowest BCUT2D eigenvalue weighted by Crippen LogP contribution is -2.35. The largest absolute Gasteiger partial charge is 0.329 e. The lowest BCUT2D eigenvalue weighted by molar-refractivity contribution is 0.844. The Kier molecular flexibility index (Phi) is 4.20. The number of aromatic nitrogens is 2. The molecule has 107 valence electrons. The monoisotopic (exact) mass is 293 g/mol. The fourth-order valence-corrected chi connectivity index (χ4v) is 5.07. The van der Waals surface area contributed by atoms with E-state index in [0.29, 0.717) is 0 Å². The van der Waals surface area contributed by atoms with Crippen LogP contribution in [0.2, 0.25) is 12.1 Å². The van der Waals surface area contributed by atoms with E-state index < -0.39 is 8.80 Å². The minimum absolute atomic E-state index is 0.488. The predicted octanol–water partition coefficient (Wildman–Crippen LogP) is 3.83. The van der Waals surface area contributed by atoms with Crippen LogP contribution in [0.25, 0.3) is 11.0 Å². The minimum Gasteiger partial charge on any atom is -0.329 e. The average molecular weight is 293 g/mol. The third-order valence-corrected chi connectivity index (χ3v) is 6.90. The number of pyridine rings is 1. The van der Waals surface area contributed by atoms with Crippen LogP contribution in [0.4, 0.5) is 0 Å². The van der Waals surface area contributed by atoms with Crippen molar-refractivity contribution >= 4 is 25.1 Å². The van der Waals surface area contributed by atoms with Crippen LogP contribution in [-0.4, -0.2) is 18.3 Å². The Labute approximate surface area is 128 Å². The average Bonchev–Trinajstić information content (AvgIpc) is 2.89. The van der Waals surface area contributed by atoms with E-state index in [0.717, 1.165) is 12.2 Å². The fourth-order valence-electron chi connectivity index (χ4n) is 2.92. The van der Waals surface area contributed by atoms with Crippen molar-refractivity contribution in [3.63, 3.8) is 0 Å². The third kappa shape index (κ3) is 2.79. The van der Waals surface area contributed by atoms with Crippen molar-refractivity contribution in [2.24, 2.45) is 0 Å². The molecule has 0 unspecified atom stereocenters. The van der Waals surface area contributed by atoms with Crippen LogP contribution < -0.4 is 5.32 Å². The number of hydrogen-bond acceptors (Lipinski definition) is 1. The highest BCUT2D eigenvalue weighted by Crippen LogP contribution is 2.15. The van der Waals surface area contributed by atoms with Crippen molar-refractivity contribution in [1.29, 1.82) is 0 Å². The predicted molar refractivity (Wildman–Crippen MR) is 91.6 cm³/mol. The van der Waals surface area contributed by atoms with Gasteiger partial charge in [0.1, 0.15) is 14.4 Å². The Morgan fingerprint density at radius 1 is 1.00 bits per heavy atom. The van der Waals surface area contributed by atoms with E-state index in [1.54, 1.807) is 0 Å². The van der Waals surface area contributed by atoms with Gasteiger partial charge < -0.3 is 4.57 Å². The summed E-state index contributed by atoms with van der Waals surface area (Å²) in [5.41, 5.74) is 2.47. The van der Waals surface area contributed by atoms with E-state index in [9.17, 15) is 0 Å². The molecule has 0 amide bonds. The van der Waals surface area contributed by atoms with Gasteiger partial charge in [0.2, 0.25) is 0 Å². The summed E-state index contributed by atoms with van der Waals surface area (Å²) in [5.74, 6) is 0. The van der Waals surface area contributed by atoms with Crippen LogP contribution in [0.1, 0.15) is 19.4 Å². The summed E-state index contributed by atoms with van der Waals surface area (Å²) in [6.45, 7) is 5.55. The van der Waals surface area contributed by atoms with Crippen molar-refractivity contribution in [3.05, 3.63) is 60.3 Å². The Morgan fingerprint density at radius 2 is 1.76 bits per heavy atom. The number of hydrogen-bond donors (Lipinski definition) is 0. The summed E-state index contributed by atoms with van der Waals surface area (Å²) in [6.07, 6.45) is 1.90. The first kappa shape index (κ1) is 14.1. The number of rotatable bonds is 5. The maximum absolute atomic E-state index is 4.63. The Bertz CT molecular complexity index is 714. The maximum Gasteiger partial charge on any atom is 0.140 e. The Balaban J connectivity index is 2.11. The van der Waals surface area contributed by atoms with Gasteiger partial charge in [0, 0.05) is 23.4 Å². The van der Waals surface area contributed by atoms with Gasteiger partial charge >= 0.3 is 0 Å². The van der Waals surface area contributed by atoms with Crippen LogP contribution in [0, 0.1) is 0 Å². The van der Waals surface area contributed by atoms with Gasteiger partial charge in [-0.1, -0.05) is 56.3 Å². The first-order chi connectivity index (χ1) is 10.3. The molecule has 0 saturated carbocycles. The smallest absolute Gasteiger partial charge is 0.140 e. The molecule has 2 aromatic heterocycles. The first-order valence-electron chi connectivity index (χ1n) is 7.66. The molecule has 2 nitrogen and oxygen atoms in total. The molecular formula is C18H21N2Si. The van der Waals surface area contributed by atoms with Crippen molar-refractivity contribution in [1.82, 2.24) is 9.55 Å². The van der Waals surface area contributed by atoms with Crippen molar-refractivity contribution in [2.45, 2.75) is 32.5 Å². The molecule has 0 N–H and O–H groups in total. The molecule has 1 aromatic carbocycles. The fraction of sp³-hybridized carbons (Fsp3) is 0.278. The zero-order valence-electron chi connectivity index (χ0n) is 12.7. The van der Waals surface area contributed by atoms with Gasteiger partial charge in [-0.15, -0.1) is 0 Å². The van der Waals surface area contributed by atoms with Crippen LogP contribution >= 0.6 is 0 Å². The number of fused-ring (bicyclic) bond motifs is 1. The zero-order chi connectivity index (χ0) is 14.7. The topological polar surface area (TPSA) is 17.8 Å². The van der Waals surface area contributed by atoms with Gasteiger partial charge in [-0.2, -0.15) is 0 Å². The molecular weight excluding hydrogens is 272 g/mol. The summed E-state index contributed by atoms with van der Waals surface area (Å²) in [6, 6.07) is 19.8. The Hall–Kier alpha value is -1.87. The highest BCUT2D eigenvalue weighted by Gasteiger charge is 2.17. The second kappa shape index (κ2) is 6.27. The first-order valence-corrected chi connectivity index (χ1v) is 9.58. The van der Waals surface area contributed by atoms with Crippen LogP contribution in [0.3, 0.4) is 0 Å². The van der Waals surface area contributed by atoms with Gasteiger partial charge in [0.25, 0.3) is 0 Å². The van der Waals surface area contributed by atoms with E-state index in [1.807, 2.05) is 12.3 Å². The quantitative estimate of drug-likeness (QED) is 0.654. The van der Waals surface area contributed by atoms with Crippen LogP contribution in [0.15, 0.2) is 54.7 Å². The summed E-state index contributed by atoms with van der Waals surface area (Å²) >= 11 is 0. The van der Waals surface area contributed by atoms with Gasteiger partial charge in [-0.25, -0.2) is 4.98 Å². The highest BCUT2D eigenvalue weighted by molar-refractivity contribution is 6.72. The van der Waals surface area contributed by atoms with Crippen molar-refractivity contribution < 1.29 is 0 Å². The Morgan fingerprint density at radius 3 is 2.48 bits per heavy atom. The standard InChI is InChI=1S/C18H21N2Si/c1-3-21(4-2)17-13-16-11-8-12-19-18(16)20(17)14-15-9-6-5-7-10-15/h5-13H,3-4,14H2,1-2H3. The second-order valence-electron chi connectivity index (χ2n) is 5.33. The van der Waals surface area contributed by atoms with E-state index >= 15 is 0 Å². The summed E-state index contributed by atoms with van der Waals surface area (Å²) in [5, 5.41) is 2.79. The zero-order valence-corrected chi connectivity index (χ0v) is 13.7. The summed E-state index contributed by atoms with van der Waals surface area (Å²) in [4.78, 5) is 4.63. The lowest BCUT2D eigenvalue weighted by atomic mass is 10.2. The molecule has 0 aliphatic carbocycles. The number of nitrogens with zero attached hydrogens (tertiary/aromatic N) is 2. The summed E-state index contributed by atoms with van der Waals surface area (Å²) in [7, 11) is -0.488. The highest BCUT2D eigenvalue weighted by atomic mass is 28.3. The van der Waals surface area contributed by atoms with Crippen molar-refractivity contribution in [2.75, 3.05) is 0 Å². The molecule has 0 atom stereocenters. The van der Waals surface area contributed by atoms with Gasteiger partial charge in [-0.05, 0) is 23.8 Å². The van der Waals surface area contributed by atoms with Gasteiger partial charge in [0.15, 0.2) is 0 Å².